The minimum absolute atomic E-state index is 0.0127. The van der Waals surface area contributed by atoms with Crippen molar-refractivity contribution in [1.29, 1.82) is 0 Å². The zero-order chi connectivity index (χ0) is 19.2. The van der Waals surface area contributed by atoms with Gasteiger partial charge in [-0.2, -0.15) is 0 Å². The second kappa shape index (κ2) is 4.94. The van der Waals surface area contributed by atoms with E-state index >= 15 is 0 Å². The minimum atomic E-state index is -0.283. The Bertz CT molecular complexity index is 1240. The van der Waals surface area contributed by atoms with E-state index < -0.39 is 0 Å². The standard InChI is InChI=1S/C21H24N4O2/c1-11-6-7-15-13(8-11)21(2,3)14-10-25-16(17(14)22-15)9-12-18(25)23(4)20(27)24(5)19(12)26/h6-9,14,17,22H,10H2,1-5H3/t14-,17-/m1/s1. The van der Waals surface area contributed by atoms with Gasteiger partial charge in [-0.3, -0.25) is 13.9 Å². The van der Waals surface area contributed by atoms with Gasteiger partial charge in [0.2, 0.25) is 0 Å². The molecule has 0 spiro atoms. The molecule has 0 radical (unpaired) electrons. The number of aromatic nitrogens is 3. The smallest absolute Gasteiger partial charge is 0.332 e. The number of benzene rings is 1. The number of fused-ring (bicyclic) bond motifs is 6. The first-order chi connectivity index (χ1) is 12.7. The monoisotopic (exact) mass is 364 g/mol. The highest BCUT2D eigenvalue weighted by atomic mass is 16.2. The molecule has 6 heteroatoms. The van der Waals surface area contributed by atoms with Gasteiger partial charge < -0.3 is 9.88 Å². The summed E-state index contributed by atoms with van der Waals surface area (Å²) < 4.78 is 4.95. The molecule has 3 aromatic rings. The molecule has 6 nitrogen and oxygen atoms in total. The van der Waals surface area contributed by atoms with Crippen LogP contribution in [0.15, 0.2) is 33.9 Å². The maximum absolute atomic E-state index is 12.6. The quantitative estimate of drug-likeness (QED) is 0.666. The van der Waals surface area contributed by atoms with E-state index in [9.17, 15) is 9.59 Å². The van der Waals surface area contributed by atoms with Gasteiger partial charge >= 0.3 is 5.69 Å². The van der Waals surface area contributed by atoms with Gasteiger partial charge in [0.05, 0.1) is 11.4 Å². The molecule has 0 fully saturated rings. The summed E-state index contributed by atoms with van der Waals surface area (Å²) in [6.45, 7) is 7.52. The van der Waals surface area contributed by atoms with Crippen LogP contribution in [0.3, 0.4) is 0 Å². The van der Waals surface area contributed by atoms with Gasteiger partial charge in [0.15, 0.2) is 0 Å². The Morgan fingerprint density at radius 1 is 1.11 bits per heavy atom. The lowest BCUT2D eigenvalue weighted by Crippen LogP contribution is -2.40. The molecule has 0 unspecified atom stereocenters. The molecule has 0 bridgehead atoms. The molecular formula is C21H24N4O2. The van der Waals surface area contributed by atoms with E-state index in [1.165, 1.54) is 22.7 Å². The molecule has 140 valence electrons. The zero-order valence-electron chi connectivity index (χ0n) is 16.3. The summed E-state index contributed by atoms with van der Waals surface area (Å²) in [5.41, 5.74) is 5.05. The fraction of sp³-hybridized carbons (Fsp3) is 0.429. The van der Waals surface area contributed by atoms with Crippen LogP contribution in [0.2, 0.25) is 0 Å². The third-order valence-corrected chi connectivity index (χ3v) is 6.73. The number of hydrogen-bond donors (Lipinski definition) is 1. The number of anilines is 1. The van der Waals surface area contributed by atoms with Crippen molar-refractivity contribution in [2.45, 2.75) is 38.8 Å². The molecule has 1 N–H and O–H groups in total. The second-order valence-corrected chi connectivity index (χ2v) is 8.62. The van der Waals surface area contributed by atoms with Crippen molar-refractivity contribution in [1.82, 2.24) is 13.7 Å². The Morgan fingerprint density at radius 3 is 2.59 bits per heavy atom. The zero-order valence-corrected chi connectivity index (χ0v) is 16.3. The molecule has 0 amide bonds. The lowest BCUT2D eigenvalue weighted by atomic mass is 9.67. The van der Waals surface area contributed by atoms with Crippen LogP contribution in [0.25, 0.3) is 11.0 Å². The summed E-state index contributed by atoms with van der Waals surface area (Å²) in [7, 11) is 3.28. The van der Waals surface area contributed by atoms with Gasteiger partial charge in [-0.15, -0.1) is 0 Å². The highest BCUT2D eigenvalue weighted by molar-refractivity contribution is 5.78. The van der Waals surface area contributed by atoms with Gasteiger partial charge in [0.25, 0.3) is 5.56 Å². The molecule has 2 aliphatic heterocycles. The number of rotatable bonds is 0. The molecule has 5 rings (SSSR count). The Labute approximate surface area is 157 Å². The minimum Gasteiger partial charge on any atom is -0.376 e. The maximum atomic E-state index is 12.6. The van der Waals surface area contributed by atoms with Crippen LogP contribution in [-0.4, -0.2) is 13.7 Å². The summed E-state index contributed by atoms with van der Waals surface area (Å²) >= 11 is 0. The summed E-state index contributed by atoms with van der Waals surface area (Å²) in [6.07, 6.45) is 0. The third kappa shape index (κ3) is 1.90. The molecule has 0 saturated heterocycles. The van der Waals surface area contributed by atoms with Crippen molar-refractivity contribution in [2.24, 2.45) is 20.0 Å². The molecule has 0 saturated carbocycles. The highest BCUT2D eigenvalue weighted by Gasteiger charge is 2.48. The van der Waals surface area contributed by atoms with Crippen LogP contribution in [0.1, 0.15) is 36.7 Å². The van der Waals surface area contributed by atoms with Crippen LogP contribution < -0.4 is 16.6 Å². The first kappa shape index (κ1) is 16.4. The Morgan fingerprint density at radius 2 is 1.85 bits per heavy atom. The van der Waals surface area contributed by atoms with Gasteiger partial charge in [0.1, 0.15) is 5.65 Å². The average Bonchev–Trinajstić information content (AvgIpc) is 3.16. The van der Waals surface area contributed by atoms with Crippen molar-refractivity contribution >= 4 is 16.7 Å². The number of hydrogen-bond acceptors (Lipinski definition) is 3. The Kier molecular flexibility index (Phi) is 3.00. The first-order valence-corrected chi connectivity index (χ1v) is 9.38. The van der Waals surface area contributed by atoms with E-state index in [-0.39, 0.29) is 22.7 Å². The fourth-order valence-electron chi connectivity index (χ4n) is 5.12. The second-order valence-electron chi connectivity index (χ2n) is 8.62. The highest BCUT2D eigenvalue weighted by Crippen LogP contribution is 2.52. The van der Waals surface area contributed by atoms with Crippen LogP contribution in [-0.2, 0) is 26.1 Å². The van der Waals surface area contributed by atoms with Crippen LogP contribution in [0.4, 0.5) is 5.69 Å². The van der Waals surface area contributed by atoms with Crippen molar-refractivity contribution in [3.8, 4) is 0 Å². The van der Waals surface area contributed by atoms with Crippen molar-refractivity contribution in [3.63, 3.8) is 0 Å². The van der Waals surface area contributed by atoms with E-state index in [4.69, 9.17) is 0 Å². The molecule has 1 aromatic carbocycles. The van der Waals surface area contributed by atoms with E-state index in [1.807, 2.05) is 6.07 Å². The van der Waals surface area contributed by atoms with Crippen molar-refractivity contribution in [3.05, 3.63) is 61.9 Å². The lowest BCUT2D eigenvalue weighted by Gasteiger charge is -2.43. The third-order valence-electron chi connectivity index (χ3n) is 6.73. The van der Waals surface area contributed by atoms with E-state index in [1.54, 1.807) is 11.6 Å². The van der Waals surface area contributed by atoms with E-state index in [0.29, 0.717) is 11.3 Å². The fourth-order valence-corrected chi connectivity index (χ4v) is 5.12. The van der Waals surface area contributed by atoms with E-state index in [0.717, 1.165) is 23.6 Å². The van der Waals surface area contributed by atoms with Crippen molar-refractivity contribution < 1.29 is 0 Å². The first-order valence-electron chi connectivity index (χ1n) is 9.38. The molecule has 27 heavy (non-hydrogen) atoms. The largest absolute Gasteiger partial charge is 0.376 e. The summed E-state index contributed by atoms with van der Waals surface area (Å²) in [6, 6.07) is 8.66. The van der Waals surface area contributed by atoms with Crippen LogP contribution >= 0.6 is 0 Å². The normalized spacial score (nSPS) is 22.3. The lowest BCUT2D eigenvalue weighted by molar-refractivity contribution is 0.274. The molecular weight excluding hydrogens is 340 g/mol. The van der Waals surface area contributed by atoms with Gasteiger partial charge in [-0.1, -0.05) is 31.5 Å². The Hall–Kier alpha value is -2.76. The van der Waals surface area contributed by atoms with Gasteiger partial charge in [-0.05, 0) is 30.0 Å². The predicted octanol–water partition coefficient (Wildman–Crippen LogP) is 2.42. The SMILES string of the molecule is Cc1ccc2c(c1)C(C)(C)[C@@H]1Cn3c(cc4c(=O)n(C)c(=O)n(C)c43)[C@@H]1N2. The topological polar surface area (TPSA) is 61.0 Å². The maximum Gasteiger partial charge on any atom is 0.332 e. The van der Waals surface area contributed by atoms with E-state index in [2.05, 4.69) is 48.9 Å². The van der Waals surface area contributed by atoms with Crippen LogP contribution in [0, 0.1) is 12.8 Å². The van der Waals surface area contributed by atoms with Gasteiger partial charge in [0, 0.05) is 37.9 Å². The summed E-state index contributed by atoms with van der Waals surface area (Å²) in [4.78, 5) is 25.1. The number of nitrogens with one attached hydrogen (secondary N) is 1. The average molecular weight is 364 g/mol. The molecule has 2 aliphatic rings. The van der Waals surface area contributed by atoms with Crippen LogP contribution in [0.5, 0.6) is 0 Å². The van der Waals surface area contributed by atoms with Crippen molar-refractivity contribution in [2.75, 3.05) is 5.32 Å². The molecule has 2 atom stereocenters. The Balaban J connectivity index is 1.77. The molecule has 0 aliphatic carbocycles. The summed E-state index contributed by atoms with van der Waals surface area (Å²) in [5.74, 6) is 0.352. The number of nitrogens with zero attached hydrogens (tertiary/aromatic N) is 3. The number of aryl methyl sites for hydroxylation is 2. The predicted molar refractivity (Wildman–Crippen MR) is 106 cm³/mol. The summed E-state index contributed by atoms with van der Waals surface area (Å²) in [5, 5.41) is 4.32. The molecule has 2 aromatic heterocycles. The molecule has 4 heterocycles. The van der Waals surface area contributed by atoms with Gasteiger partial charge in [-0.25, -0.2) is 4.79 Å².